The Bertz CT molecular complexity index is 708. The third-order valence-electron chi connectivity index (χ3n) is 4.09. The van der Waals surface area contributed by atoms with E-state index in [0.29, 0.717) is 18.3 Å². The molecule has 1 heterocycles. The van der Waals surface area contributed by atoms with Gasteiger partial charge in [0.05, 0.1) is 6.54 Å². The van der Waals surface area contributed by atoms with Gasteiger partial charge < -0.3 is 15.2 Å². The number of nitrogens with zero attached hydrogens (tertiary/aromatic N) is 3. The number of aromatic nitrogens is 2. The highest BCUT2D eigenvalue weighted by molar-refractivity contribution is 6.30. The van der Waals surface area contributed by atoms with Gasteiger partial charge in [-0.3, -0.25) is 4.99 Å². The molecule has 23 heavy (non-hydrogen) atoms. The smallest absolute Gasteiger partial charge is 0.223 e. The molecular formula is C16H20ClN5O. The highest BCUT2D eigenvalue weighted by Gasteiger charge is 2.44. The number of nitrogens with one attached hydrogen (secondary N) is 2. The Morgan fingerprint density at radius 1 is 1.39 bits per heavy atom. The number of rotatable bonds is 5. The minimum atomic E-state index is 0.158. The first kappa shape index (κ1) is 15.8. The SMILES string of the molecule is CN=C(NCc1noc(C)n1)NCC1(c2cccc(Cl)c2)CC1. The van der Waals surface area contributed by atoms with E-state index in [1.807, 2.05) is 12.1 Å². The Morgan fingerprint density at radius 2 is 2.22 bits per heavy atom. The molecule has 7 heteroatoms. The van der Waals surface area contributed by atoms with Crippen LogP contribution >= 0.6 is 11.6 Å². The van der Waals surface area contributed by atoms with Gasteiger partial charge in [-0.25, -0.2) is 0 Å². The first-order chi connectivity index (χ1) is 11.1. The van der Waals surface area contributed by atoms with Crippen molar-refractivity contribution in [2.75, 3.05) is 13.6 Å². The number of guanidine groups is 1. The Kier molecular flexibility index (Phi) is 4.52. The molecule has 0 unspecified atom stereocenters. The van der Waals surface area contributed by atoms with Gasteiger partial charge in [-0.15, -0.1) is 0 Å². The minimum absolute atomic E-state index is 0.158. The Labute approximate surface area is 140 Å². The summed E-state index contributed by atoms with van der Waals surface area (Å²) in [7, 11) is 1.75. The highest BCUT2D eigenvalue weighted by atomic mass is 35.5. The van der Waals surface area contributed by atoms with Gasteiger partial charge in [-0.05, 0) is 30.5 Å². The van der Waals surface area contributed by atoms with Crippen molar-refractivity contribution in [2.24, 2.45) is 4.99 Å². The molecule has 0 amide bonds. The van der Waals surface area contributed by atoms with Crippen molar-refractivity contribution < 1.29 is 4.52 Å². The molecule has 1 saturated carbocycles. The summed E-state index contributed by atoms with van der Waals surface area (Å²) in [5, 5.41) is 11.2. The molecule has 2 aromatic rings. The Balaban J connectivity index is 1.56. The number of halogens is 1. The lowest BCUT2D eigenvalue weighted by atomic mass is 9.96. The van der Waals surface area contributed by atoms with Crippen molar-refractivity contribution in [2.45, 2.75) is 31.7 Å². The van der Waals surface area contributed by atoms with Crippen molar-refractivity contribution >= 4 is 17.6 Å². The van der Waals surface area contributed by atoms with Crippen LogP contribution in [-0.2, 0) is 12.0 Å². The fourth-order valence-corrected chi connectivity index (χ4v) is 2.78. The molecule has 6 nitrogen and oxygen atoms in total. The lowest BCUT2D eigenvalue weighted by Crippen LogP contribution is -2.41. The van der Waals surface area contributed by atoms with Crippen LogP contribution in [0.5, 0.6) is 0 Å². The van der Waals surface area contributed by atoms with Crippen LogP contribution < -0.4 is 10.6 Å². The van der Waals surface area contributed by atoms with Crippen LogP contribution in [0.25, 0.3) is 0 Å². The summed E-state index contributed by atoms with van der Waals surface area (Å²) in [5.74, 6) is 1.89. The molecule has 1 aliphatic carbocycles. The topological polar surface area (TPSA) is 75.3 Å². The summed E-state index contributed by atoms with van der Waals surface area (Å²) in [6.07, 6.45) is 2.31. The second-order valence-electron chi connectivity index (χ2n) is 5.80. The monoisotopic (exact) mass is 333 g/mol. The van der Waals surface area contributed by atoms with Gasteiger partial charge >= 0.3 is 0 Å². The Morgan fingerprint density at radius 3 is 2.83 bits per heavy atom. The first-order valence-corrected chi connectivity index (χ1v) is 7.99. The maximum absolute atomic E-state index is 6.11. The van der Waals surface area contributed by atoms with E-state index in [0.717, 1.165) is 30.4 Å². The molecule has 3 rings (SSSR count). The van der Waals surface area contributed by atoms with E-state index in [1.54, 1.807) is 14.0 Å². The summed E-state index contributed by atoms with van der Waals surface area (Å²) in [5.41, 5.74) is 1.44. The zero-order chi connectivity index (χ0) is 16.3. The van der Waals surface area contributed by atoms with Gasteiger partial charge in [0, 0.05) is 31.0 Å². The van der Waals surface area contributed by atoms with Crippen molar-refractivity contribution in [1.82, 2.24) is 20.8 Å². The van der Waals surface area contributed by atoms with Gasteiger partial charge in [0.25, 0.3) is 0 Å². The van der Waals surface area contributed by atoms with E-state index in [-0.39, 0.29) is 5.41 Å². The van der Waals surface area contributed by atoms with Crippen LogP contribution in [0.1, 0.15) is 30.1 Å². The second-order valence-corrected chi connectivity index (χ2v) is 6.24. The fraction of sp³-hybridized carbons (Fsp3) is 0.438. The average molecular weight is 334 g/mol. The summed E-state index contributed by atoms with van der Waals surface area (Å²) in [6.45, 7) is 3.06. The summed E-state index contributed by atoms with van der Waals surface area (Å²) in [6, 6.07) is 8.10. The summed E-state index contributed by atoms with van der Waals surface area (Å²) < 4.78 is 4.95. The van der Waals surface area contributed by atoms with Crippen LogP contribution in [0.2, 0.25) is 5.02 Å². The maximum atomic E-state index is 6.11. The van der Waals surface area contributed by atoms with Crippen LogP contribution in [0.3, 0.4) is 0 Å². The standard InChI is InChI=1S/C16H20ClN5O/c1-11-21-14(22-23-11)9-19-15(18-2)20-10-16(6-7-16)12-4-3-5-13(17)8-12/h3-5,8H,6-7,9-10H2,1-2H3,(H2,18,19,20). The molecule has 1 fully saturated rings. The third-order valence-corrected chi connectivity index (χ3v) is 4.33. The largest absolute Gasteiger partial charge is 0.356 e. The predicted octanol–water partition coefficient (Wildman–Crippen LogP) is 2.43. The first-order valence-electron chi connectivity index (χ1n) is 7.61. The normalized spacial score (nSPS) is 16.2. The van der Waals surface area contributed by atoms with Gasteiger partial charge in [0.15, 0.2) is 11.8 Å². The van der Waals surface area contributed by atoms with E-state index in [1.165, 1.54) is 5.56 Å². The fourth-order valence-electron chi connectivity index (χ4n) is 2.59. The molecule has 0 spiro atoms. The third kappa shape index (κ3) is 3.82. The summed E-state index contributed by atoms with van der Waals surface area (Å²) >= 11 is 6.11. The molecule has 122 valence electrons. The van der Waals surface area contributed by atoms with Crippen LogP contribution in [0.4, 0.5) is 0 Å². The summed E-state index contributed by atoms with van der Waals surface area (Å²) in [4.78, 5) is 8.39. The quantitative estimate of drug-likeness (QED) is 0.649. The number of benzene rings is 1. The van der Waals surface area contributed by atoms with Crippen molar-refractivity contribution in [3.63, 3.8) is 0 Å². The van der Waals surface area contributed by atoms with E-state index < -0.39 is 0 Å². The molecule has 1 aromatic heterocycles. The number of aryl methyl sites for hydroxylation is 1. The molecule has 2 N–H and O–H groups in total. The van der Waals surface area contributed by atoms with E-state index in [2.05, 4.69) is 37.9 Å². The van der Waals surface area contributed by atoms with Crippen molar-refractivity contribution in [3.8, 4) is 0 Å². The van der Waals surface area contributed by atoms with Gasteiger partial charge in [-0.2, -0.15) is 4.98 Å². The zero-order valence-corrected chi connectivity index (χ0v) is 14.0. The van der Waals surface area contributed by atoms with Crippen LogP contribution in [-0.4, -0.2) is 29.7 Å². The molecule has 0 atom stereocenters. The molecule has 0 saturated heterocycles. The number of hydrogen-bond acceptors (Lipinski definition) is 4. The van der Waals surface area contributed by atoms with Crippen LogP contribution in [0, 0.1) is 6.92 Å². The minimum Gasteiger partial charge on any atom is -0.356 e. The average Bonchev–Trinajstić information content (AvgIpc) is 3.23. The molecule has 0 radical (unpaired) electrons. The predicted molar refractivity (Wildman–Crippen MR) is 89.6 cm³/mol. The number of aliphatic imine (C=N–C) groups is 1. The molecular weight excluding hydrogens is 314 g/mol. The van der Waals surface area contributed by atoms with Crippen LogP contribution in [0.15, 0.2) is 33.8 Å². The van der Waals surface area contributed by atoms with Gasteiger partial charge in [-0.1, -0.05) is 28.9 Å². The lowest BCUT2D eigenvalue weighted by Gasteiger charge is -2.19. The molecule has 1 aliphatic rings. The molecule has 0 aliphatic heterocycles. The highest BCUT2D eigenvalue weighted by Crippen LogP contribution is 2.48. The molecule has 1 aromatic carbocycles. The van der Waals surface area contributed by atoms with Gasteiger partial charge in [0.2, 0.25) is 5.89 Å². The van der Waals surface area contributed by atoms with E-state index in [9.17, 15) is 0 Å². The second kappa shape index (κ2) is 6.58. The van der Waals surface area contributed by atoms with E-state index >= 15 is 0 Å². The Hall–Kier alpha value is -2.08. The lowest BCUT2D eigenvalue weighted by molar-refractivity contribution is 0.386. The van der Waals surface area contributed by atoms with Crippen molar-refractivity contribution in [1.29, 1.82) is 0 Å². The number of hydrogen-bond donors (Lipinski definition) is 2. The maximum Gasteiger partial charge on any atom is 0.223 e. The zero-order valence-electron chi connectivity index (χ0n) is 13.3. The van der Waals surface area contributed by atoms with E-state index in [4.69, 9.17) is 16.1 Å². The molecule has 0 bridgehead atoms. The van der Waals surface area contributed by atoms with Gasteiger partial charge in [0.1, 0.15) is 0 Å². The van der Waals surface area contributed by atoms with Crippen molar-refractivity contribution in [3.05, 3.63) is 46.6 Å².